The first-order chi connectivity index (χ1) is 19.9. The number of fused-ring (bicyclic) bond motifs is 2. The first-order valence-corrected chi connectivity index (χ1v) is 17.1. The van der Waals surface area contributed by atoms with E-state index in [4.69, 9.17) is 4.74 Å². The van der Waals surface area contributed by atoms with Gasteiger partial charge in [0.25, 0.3) is 11.8 Å². The molecule has 1 heterocycles. The summed E-state index contributed by atoms with van der Waals surface area (Å²) >= 11 is 0. The fourth-order valence-electron chi connectivity index (χ4n) is 6.97. The van der Waals surface area contributed by atoms with E-state index in [1.165, 1.54) is 44.0 Å². The van der Waals surface area contributed by atoms with Crippen LogP contribution in [0.4, 0.5) is 0 Å². The normalized spacial score (nSPS) is 30.0. The fraction of sp³-hybridized carbons (Fsp3) is 0.677. The van der Waals surface area contributed by atoms with Crippen LogP contribution in [-0.2, 0) is 14.6 Å². The molecule has 0 unspecified atom stereocenters. The molecule has 3 N–H and O–H groups in total. The minimum absolute atomic E-state index is 0.00655. The van der Waals surface area contributed by atoms with Crippen LogP contribution >= 0.6 is 0 Å². The highest BCUT2D eigenvalue weighted by Crippen LogP contribution is 2.55. The van der Waals surface area contributed by atoms with Crippen LogP contribution in [-0.4, -0.2) is 67.9 Å². The van der Waals surface area contributed by atoms with Crippen LogP contribution in [0.5, 0.6) is 5.88 Å². The molecule has 5 fully saturated rings. The molecule has 5 aliphatic carbocycles. The molecule has 2 bridgehead atoms. The average Bonchev–Trinajstić information content (AvgIpc) is 3.86. The minimum atomic E-state index is -3.30. The van der Waals surface area contributed by atoms with Crippen molar-refractivity contribution in [3.05, 3.63) is 35.0 Å². The Labute approximate surface area is 247 Å². The molecule has 0 aliphatic heterocycles. The number of pyridine rings is 1. The van der Waals surface area contributed by atoms with Gasteiger partial charge in [0.2, 0.25) is 11.8 Å². The van der Waals surface area contributed by atoms with Crippen molar-refractivity contribution in [3.8, 4) is 5.88 Å². The number of hydrogen-bond acceptors (Lipinski definition) is 7. The quantitative estimate of drug-likeness (QED) is 0.332. The maximum absolute atomic E-state index is 13.8. The van der Waals surface area contributed by atoms with Crippen molar-refractivity contribution in [1.29, 1.82) is 0 Å². The predicted octanol–water partition coefficient (Wildman–Crippen LogP) is 2.79. The minimum Gasteiger partial charge on any atom is -0.480 e. The lowest BCUT2D eigenvalue weighted by Gasteiger charge is -2.32. The summed E-state index contributed by atoms with van der Waals surface area (Å²) in [5, 5.41) is 9.15. The second-order valence-corrected chi connectivity index (χ2v) is 16.0. The summed E-state index contributed by atoms with van der Waals surface area (Å²) in [5.74, 6) is -0.475. The van der Waals surface area contributed by atoms with E-state index in [1.807, 2.05) is 0 Å². The summed E-state index contributed by atoms with van der Waals surface area (Å²) in [6.07, 6.45) is 12.3. The Morgan fingerprint density at radius 2 is 1.79 bits per heavy atom. The number of nitrogens with zero attached hydrogens (tertiary/aromatic N) is 1. The molecule has 11 heteroatoms. The summed E-state index contributed by atoms with van der Waals surface area (Å²) in [4.78, 5) is 44.7. The summed E-state index contributed by atoms with van der Waals surface area (Å²) in [5.41, 5.74) is 1.68. The molecule has 5 saturated carbocycles. The first kappa shape index (κ1) is 29.1. The highest BCUT2D eigenvalue weighted by molar-refractivity contribution is 7.92. The zero-order valence-electron chi connectivity index (χ0n) is 24.9. The Morgan fingerprint density at radius 1 is 1.10 bits per heavy atom. The molecule has 0 spiro atoms. The molecule has 1 aromatic rings. The van der Waals surface area contributed by atoms with E-state index in [0.29, 0.717) is 18.8 Å². The molecule has 0 aromatic carbocycles. The Morgan fingerprint density at radius 3 is 2.38 bits per heavy atom. The summed E-state index contributed by atoms with van der Waals surface area (Å²) < 4.78 is 28.7. The molecule has 6 rings (SSSR count). The van der Waals surface area contributed by atoms with E-state index >= 15 is 0 Å². The maximum atomic E-state index is 13.8. The summed E-state index contributed by atoms with van der Waals surface area (Å²) in [6.45, 7) is 4.28. The number of methoxy groups -OCH3 is 1. The van der Waals surface area contributed by atoms with Gasteiger partial charge >= 0.3 is 0 Å². The van der Waals surface area contributed by atoms with E-state index in [1.54, 1.807) is 0 Å². The van der Waals surface area contributed by atoms with Gasteiger partial charge in [-0.25, -0.2) is 13.4 Å². The Hall–Kier alpha value is -2.95. The number of allylic oxidation sites excluding steroid dienone is 1. The Balaban J connectivity index is 1.22. The zero-order chi connectivity index (χ0) is 30.0. The van der Waals surface area contributed by atoms with Crippen LogP contribution in [0.2, 0.25) is 0 Å². The average molecular weight is 599 g/mol. The van der Waals surface area contributed by atoms with Crippen LogP contribution in [0, 0.1) is 29.1 Å². The SMILES string of the molecule is COc1ncc(C(=O)NCC2(S(C)(=O)=O)CC2)cc1C(=O)N[C@H]1[C@@H](C(=O)N[C@H](C)C2(C)CC2)[C@H]2CC[C@@H]1/C2=C\C1CC1. The van der Waals surface area contributed by atoms with Gasteiger partial charge in [0, 0.05) is 37.0 Å². The smallest absolute Gasteiger partial charge is 0.257 e. The standard InChI is InChI=1S/C31H42N4O6S/c1-17(30(2)9-10-30)34-28(38)24-20-7-8-21(22(20)13-18-5-6-18)25(24)35-27(37)23-14-19(15-32-29(23)41-3)26(36)33-16-31(11-12-31)42(4,39)40/h13-15,17-18,20-21,24-25H,5-12,16H2,1-4H3,(H,33,36)(H,34,38)(H,35,37)/b22-13-/t17-,20+,21-,24+,25-/m1/s1. The Kier molecular flexibility index (Phi) is 7.18. The number of nitrogens with one attached hydrogen (secondary N) is 3. The maximum Gasteiger partial charge on any atom is 0.257 e. The molecule has 3 amide bonds. The van der Waals surface area contributed by atoms with Gasteiger partial charge in [-0.2, -0.15) is 0 Å². The van der Waals surface area contributed by atoms with Crippen molar-refractivity contribution in [1.82, 2.24) is 20.9 Å². The van der Waals surface area contributed by atoms with Gasteiger partial charge in [0.15, 0.2) is 9.84 Å². The predicted molar refractivity (Wildman–Crippen MR) is 157 cm³/mol. The van der Waals surface area contributed by atoms with Gasteiger partial charge in [-0.3, -0.25) is 14.4 Å². The van der Waals surface area contributed by atoms with Crippen molar-refractivity contribution < 1.29 is 27.5 Å². The topological polar surface area (TPSA) is 144 Å². The van der Waals surface area contributed by atoms with E-state index in [9.17, 15) is 22.8 Å². The lowest BCUT2D eigenvalue weighted by Crippen LogP contribution is -2.52. The van der Waals surface area contributed by atoms with Gasteiger partial charge in [-0.15, -0.1) is 0 Å². The van der Waals surface area contributed by atoms with Crippen molar-refractivity contribution in [2.45, 2.75) is 82.0 Å². The third-order valence-electron chi connectivity index (χ3n) is 10.7. The van der Waals surface area contributed by atoms with E-state index in [-0.39, 0.29) is 64.7 Å². The van der Waals surface area contributed by atoms with Gasteiger partial charge in [-0.1, -0.05) is 18.6 Å². The highest BCUT2D eigenvalue weighted by atomic mass is 32.2. The van der Waals surface area contributed by atoms with Gasteiger partial charge < -0.3 is 20.7 Å². The zero-order valence-corrected chi connectivity index (χ0v) is 25.7. The molecular formula is C31H42N4O6S. The lowest BCUT2D eigenvalue weighted by atomic mass is 9.83. The number of aromatic nitrogens is 1. The van der Waals surface area contributed by atoms with Crippen LogP contribution in [0.25, 0.3) is 0 Å². The molecule has 5 atom stereocenters. The van der Waals surface area contributed by atoms with Crippen molar-refractivity contribution >= 4 is 27.6 Å². The van der Waals surface area contributed by atoms with E-state index < -0.39 is 26.4 Å². The van der Waals surface area contributed by atoms with Crippen LogP contribution < -0.4 is 20.7 Å². The number of sulfone groups is 1. The number of rotatable bonds is 11. The van der Waals surface area contributed by atoms with E-state index in [0.717, 1.165) is 25.7 Å². The largest absolute Gasteiger partial charge is 0.480 e. The molecule has 10 nitrogen and oxygen atoms in total. The van der Waals surface area contributed by atoms with Gasteiger partial charge in [0.1, 0.15) is 5.56 Å². The molecular weight excluding hydrogens is 556 g/mol. The summed E-state index contributed by atoms with van der Waals surface area (Å²) in [7, 11) is -1.90. The van der Waals surface area contributed by atoms with Crippen molar-refractivity contribution in [3.63, 3.8) is 0 Å². The number of hydrogen-bond donors (Lipinski definition) is 3. The molecule has 42 heavy (non-hydrogen) atoms. The monoisotopic (exact) mass is 598 g/mol. The number of ether oxygens (including phenoxy) is 1. The molecule has 228 valence electrons. The first-order valence-electron chi connectivity index (χ1n) is 15.2. The highest BCUT2D eigenvalue weighted by Gasteiger charge is 2.56. The van der Waals surface area contributed by atoms with Gasteiger partial charge in [-0.05, 0) is 81.6 Å². The molecule has 0 radical (unpaired) electrons. The number of amides is 3. The third-order valence-corrected chi connectivity index (χ3v) is 12.8. The second kappa shape index (κ2) is 10.3. The number of carbonyl (C=O) groups is 3. The summed E-state index contributed by atoms with van der Waals surface area (Å²) in [6, 6.07) is 1.12. The fourth-order valence-corrected chi connectivity index (χ4v) is 8.14. The lowest BCUT2D eigenvalue weighted by molar-refractivity contribution is -0.128. The van der Waals surface area contributed by atoms with Crippen molar-refractivity contribution in [2.75, 3.05) is 19.9 Å². The van der Waals surface area contributed by atoms with Crippen LogP contribution in [0.15, 0.2) is 23.9 Å². The second-order valence-electron chi connectivity index (χ2n) is 13.6. The van der Waals surface area contributed by atoms with E-state index in [2.05, 4.69) is 40.9 Å². The van der Waals surface area contributed by atoms with Crippen LogP contribution in [0.1, 0.15) is 85.9 Å². The number of carbonyl (C=O) groups excluding carboxylic acids is 3. The Bertz CT molecular complexity index is 1440. The third kappa shape index (κ3) is 5.33. The van der Waals surface area contributed by atoms with Crippen LogP contribution in [0.3, 0.4) is 0 Å². The molecule has 1 aromatic heterocycles. The van der Waals surface area contributed by atoms with Crippen molar-refractivity contribution in [2.24, 2.45) is 29.1 Å². The molecule has 0 saturated heterocycles. The van der Waals surface area contributed by atoms with Gasteiger partial charge in [0.05, 0.1) is 23.3 Å². The molecule has 5 aliphatic rings.